The van der Waals surface area contributed by atoms with Crippen LogP contribution < -0.4 is 5.73 Å². The fourth-order valence-electron chi connectivity index (χ4n) is 3.40. The summed E-state index contributed by atoms with van der Waals surface area (Å²) in [6.45, 7) is 12.4. The van der Waals surface area contributed by atoms with E-state index < -0.39 is 0 Å². The van der Waals surface area contributed by atoms with Gasteiger partial charge in [-0.25, -0.2) is 0 Å². The van der Waals surface area contributed by atoms with Crippen molar-refractivity contribution >= 4 is 0 Å². The second kappa shape index (κ2) is 8.58. The number of hydrogen-bond acceptors (Lipinski definition) is 1. The van der Waals surface area contributed by atoms with E-state index in [1.54, 1.807) is 11.1 Å². The van der Waals surface area contributed by atoms with Crippen LogP contribution in [-0.2, 0) is 0 Å². The average Bonchev–Trinajstić information content (AvgIpc) is 2.37. The number of nitrogens with two attached hydrogens (primary N) is 1. The summed E-state index contributed by atoms with van der Waals surface area (Å²) < 4.78 is 0. The molecule has 0 aromatic rings. The lowest BCUT2D eigenvalue weighted by atomic mass is 9.71. The van der Waals surface area contributed by atoms with Crippen molar-refractivity contribution in [3.05, 3.63) is 34.9 Å². The molecule has 1 aliphatic carbocycles. The average molecular weight is 290 g/mol. The van der Waals surface area contributed by atoms with Crippen molar-refractivity contribution in [2.75, 3.05) is 6.54 Å². The summed E-state index contributed by atoms with van der Waals surface area (Å²) in [6, 6.07) is 0. The lowest BCUT2D eigenvalue weighted by molar-refractivity contribution is 0.354. The van der Waals surface area contributed by atoms with E-state index in [1.807, 2.05) is 0 Å². The molecule has 120 valence electrons. The summed E-state index contributed by atoms with van der Waals surface area (Å²) in [4.78, 5) is 0. The van der Waals surface area contributed by atoms with Crippen LogP contribution in [0.1, 0.15) is 73.1 Å². The first-order chi connectivity index (χ1) is 9.86. The highest BCUT2D eigenvalue weighted by molar-refractivity contribution is 5.24. The molecule has 0 saturated heterocycles. The van der Waals surface area contributed by atoms with Crippen LogP contribution in [0.4, 0.5) is 0 Å². The molecule has 0 bridgehead atoms. The van der Waals surface area contributed by atoms with Gasteiger partial charge in [0, 0.05) is 0 Å². The molecule has 0 fully saturated rings. The van der Waals surface area contributed by atoms with Crippen LogP contribution in [0.15, 0.2) is 34.9 Å². The number of rotatable bonds is 7. The fourth-order valence-corrected chi connectivity index (χ4v) is 3.40. The minimum Gasteiger partial charge on any atom is -0.330 e. The van der Waals surface area contributed by atoms with Crippen LogP contribution in [0.5, 0.6) is 0 Å². The highest BCUT2D eigenvalue weighted by Gasteiger charge is 2.27. The van der Waals surface area contributed by atoms with Crippen molar-refractivity contribution in [1.29, 1.82) is 0 Å². The molecule has 0 radical (unpaired) electrons. The van der Waals surface area contributed by atoms with E-state index in [1.165, 1.54) is 37.7 Å². The fraction of sp³-hybridized carbons (Fsp3) is 0.700. The summed E-state index contributed by atoms with van der Waals surface area (Å²) in [7, 11) is 0. The monoisotopic (exact) mass is 289 g/mol. The SMILES string of the molecule is CC1=C(CC/C(C)=C/C=C/C(C)CCN)C(C)(C)CCC1. The molecule has 1 rings (SSSR count). The van der Waals surface area contributed by atoms with Gasteiger partial charge in [0.2, 0.25) is 0 Å². The highest BCUT2D eigenvalue weighted by atomic mass is 14.5. The molecule has 1 heteroatoms. The molecular formula is C20H35N. The van der Waals surface area contributed by atoms with Gasteiger partial charge in [0.05, 0.1) is 0 Å². The maximum Gasteiger partial charge on any atom is -0.00718 e. The van der Waals surface area contributed by atoms with E-state index in [0.717, 1.165) is 13.0 Å². The van der Waals surface area contributed by atoms with Crippen molar-refractivity contribution in [2.45, 2.75) is 73.1 Å². The van der Waals surface area contributed by atoms with Crippen LogP contribution in [0.2, 0.25) is 0 Å². The van der Waals surface area contributed by atoms with Crippen LogP contribution in [0.3, 0.4) is 0 Å². The van der Waals surface area contributed by atoms with Gasteiger partial charge in [0.1, 0.15) is 0 Å². The smallest absolute Gasteiger partial charge is 0.00718 e. The molecule has 0 saturated carbocycles. The maximum atomic E-state index is 5.58. The van der Waals surface area contributed by atoms with Crippen LogP contribution in [-0.4, -0.2) is 6.54 Å². The van der Waals surface area contributed by atoms with E-state index >= 15 is 0 Å². The predicted molar refractivity (Wildman–Crippen MR) is 95.3 cm³/mol. The first-order valence-electron chi connectivity index (χ1n) is 8.60. The molecule has 0 amide bonds. The molecule has 1 unspecified atom stereocenters. The summed E-state index contributed by atoms with van der Waals surface area (Å²) in [6.07, 6.45) is 14.3. The Hall–Kier alpha value is -0.820. The van der Waals surface area contributed by atoms with Crippen molar-refractivity contribution in [1.82, 2.24) is 0 Å². The van der Waals surface area contributed by atoms with E-state index in [2.05, 4.69) is 52.8 Å². The second-order valence-corrected chi connectivity index (χ2v) is 7.45. The molecule has 21 heavy (non-hydrogen) atoms. The largest absolute Gasteiger partial charge is 0.330 e. The molecule has 1 aliphatic rings. The molecular weight excluding hydrogens is 254 g/mol. The van der Waals surface area contributed by atoms with Gasteiger partial charge >= 0.3 is 0 Å². The normalized spacial score (nSPS) is 21.1. The Morgan fingerprint density at radius 2 is 2.10 bits per heavy atom. The van der Waals surface area contributed by atoms with Gasteiger partial charge < -0.3 is 5.73 Å². The third-order valence-corrected chi connectivity index (χ3v) is 4.90. The molecule has 0 heterocycles. The zero-order chi connectivity index (χ0) is 15.9. The van der Waals surface area contributed by atoms with E-state index in [4.69, 9.17) is 5.73 Å². The lowest BCUT2D eigenvalue weighted by Crippen LogP contribution is -2.20. The minimum absolute atomic E-state index is 0.411. The summed E-state index contributed by atoms with van der Waals surface area (Å²) in [5.41, 5.74) is 10.8. The third-order valence-electron chi connectivity index (χ3n) is 4.90. The van der Waals surface area contributed by atoms with Crippen LogP contribution in [0.25, 0.3) is 0 Å². The Bertz CT molecular complexity index is 410. The number of allylic oxidation sites excluding steroid dienone is 6. The van der Waals surface area contributed by atoms with Crippen molar-refractivity contribution in [3.63, 3.8) is 0 Å². The highest BCUT2D eigenvalue weighted by Crippen LogP contribution is 2.42. The Morgan fingerprint density at radius 3 is 2.71 bits per heavy atom. The molecule has 0 aromatic carbocycles. The molecule has 0 aromatic heterocycles. The second-order valence-electron chi connectivity index (χ2n) is 7.45. The molecule has 1 nitrogen and oxygen atoms in total. The zero-order valence-corrected chi connectivity index (χ0v) is 14.8. The van der Waals surface area contributed by atoms with Crippen LogP contribution >= 0.6 is 0 Å². The van der Waals surface area contributed by atoms with Crippen LogP contribution in [0, 0.1) is 11.3 Å². The molecule has 0 aliphatic heterocycles. The van der Waals surface area contributed by atoms with Crippen molar-refractivity contribution in [2.24, 2.45) is 17.1 Å². The first kappa shape index (κ1) is 18.2. The van der Waals surface area contributed by atoms with Gasteiger partial charge in [0.25, 0.3) is 0 Å². The number of hydrogen-bond donors (Lipinski definition) is 1. The van der Waals surface area contributed by atoms with Gasteiger partial charge in [-0.15, -0.1) is 0 Å². The van der Waals surface area contributed by atoms with E-state index in [9.17, 15) is 0 Å². The standard InChI is InChI=1S/C20H35N/c1-16(8-6-9-17(2)13-15-21)11-12-19-18(3)10-7-14-20(19,4)5/h6,8-9,17H,7,10-15,21H2,1-5H3/b9-6+,16-8+. The lowest BCUT2D eigenvalue weighted by Gasteiger charge is -2.34. The maximum absolute atomic E-state index is 5.58. The quantitative estimate of drug-likeness (QED) is 0.466. The first-order valence-corrected chi connectivity index (χ1v) is 8.60. The Morgan fingerprint density at radius 1 is 1.38 bits per heavy atom. The van der Waals surface area contributed by atoms with Gasteiger partial charge in [-0.3, -0.25) is 0 Å². The van der Waals surface area contributed by atoms with Gasteiger partial charge in [-0.2, -0.15) is 0 Å². The zero-order valence-electron chi connectivity index (χ0n) is 14.8. The minimum atomic E-state index is 0.411. The Kier molecular flexibility index (Phi) is 7.45. The third kappa shape index (κ3) is 6.22. The molecule has 2 N–H and O–H groups in total. The van der Waals surface area contributed by atoms with E-state index in [0.29, 0.717) is 11.3 Å². The van der Waals surface area contributed by atoms with Crippen molar-refractivity contribution < 1.29 is 0 Å². The molecule has 1 atom stereocenters. The van der Waals surface area contributed by atoms with Gasteiger partial charge in [-0.05, 0) is 70.3 Å². The predicted octanol–water partition coefficient (Wildman–Crippen LogP) is 5.78. The van der Waals surface area contributed by atoms with Gasteiger partial charge in [0.15, 0.2) is 0 Å². The van der Waals surface area contributed by atoms with E-state index in [-0.39, 0.29) is 0 Å². The van der Waals surface area contributed by atoms with Gasteiger partial charge in [-0.1, -0.05) is 55.7 Å². The summed E-state index contributed by atoms with van der Waals surface area (Å²) >= 11 is 0. The molecule has 0 spiro atoms. The summed E-state index contributed by atoms with van der Waals surface area (Å²) in [5, 5.41) is 0. The Labute approximate surface area is 132 Å². The topological polar surface area (TPSA) is 26.0 Å². The Balaban J connectivity index is 2.54. The van der Waals surface area contributed by atoms with Crippen molar-refractivity contribution in [3.8, 4) is 0 Å². The summed E-state index contributed by atoms with van der Waals surface area (Å²) in [5.74, 6) is 0.585.